The number of rotatable bonds is 0. The Hall–Kier alpha value is 0. The standard InChI is InChI=1S/C11H16/c1-2-9-6(1)3-8-4-7-5-10(7)11(8)9/h6-11H,1-5H2. The molecule has 0 bridgehead atoms. The number of hydrogen-bond acceptors (Lipinski definition) is 0. The van der Waals surface area contributed by atoms with Crippen molar-refractivity contribution in [1.82, 2.24) is 0 Å². The molecule has 0 amide bonds. The number of hydrogen-bond donors (Lipinski definition) is 0. The smallest absolute Gasteiger partial charge is 0.0323 e. The summed E-state index contributed by atoms with van der Waals surface area (Å²) in [7, 11) is 0. The van der Waals surface area contributed by atoms with Gasteiger partial charge in [0, 0.05) is 0 Å². The summed E-state index contributed by atoms with van der Waals surface area (Å²) in [6.07, 6.45) is 8.11. The molecule has 0 aromatic heterocycles. The summed E-state index contributed by atoms with van der Waals surface area (Å²) in [5.74, 6) is 7.39. The van der Waals surface area contributed by atoms with Gasteiger partial charge in [0.05, 0.1) is 0 Å². The summed E-state index contributed by atoms with van der Waals surface area (Å²) in [6.45, 7) is 0. The van der Waals surface area contributed by atoms with Gasteiger partial charge in [-0.25, -0.2) is 0 Å². The molecule has 6 unspecified atom stereocenters. The van der Waals surface area contributed by atoms with Gasteiger partial charge in [0.1, 0.15) is 0 Å². The lowest BCUT2D eigenvalue weighted by atomic mass is 9.71. The molecule has 4 rings (SSSR count). The minimum Gasteiger partial charge on any atom is -0.0499 e. The predicted molar refractivity (Wildman–Crippen MR) is 44.0 cm³/mol. The third-order valence-corrected chi connectivity index (χ3v) is 5.20. The average molecular weight is 148 g/mol. The first kappa shape index (κ1) is 5.61. The van der Waals surface area contributed by atoms with Crippen molar-refractivity contribution in [2.24, 2.45) is 35.5 Å². The van der Waals surface area contributed by atoms with Crippen LogP contribution in [0.3, 0.4) is 0 Å². The Morgan fingerprint density at radius 1 is 0.636 bits per heavy atom. The molecule has 0 aromatic rings. The molecule has 0 heteroatoms. The minimum atomic E-state index is 1.21. The van der Waals surface area contributed by atoms with E-state index in [1.807, 2.05) is 0 Å². The maximum atomic E-state index is 1.64. The van der Waals surface area contributed by atoms with Crippen LogP contribution in [0.5, 0.6) is 0 Å². The Morgan fingerprint density at radius 3 is 2.36 bits per heavy atom. The first-order valence-electron chi connectivity index (χ1n) is 5.43. The summed E-state index contributed by atoms with van der Waals surface area (Å²) in [6, 6.07) is 0. The molecule has 4 aliphatic rings. The second-order valence-corrected chi connectivity index (χ2v) is 5.47. The highest BCUT2D eigenvalue weighted by molar-refractivity contribution is 5.10. The van der Waals surface area contributed by atoms with Crippen molar-refractivity contribution in [3.63, 3.8) is 0 Å². The zero-order valence-corrected chi connectivity index (χ0v) is 7.00. The normalized spacial score (nSPS) is 69.8. The Bertz CT molecular complexity index is 206. The van der Waals surface area contributed by atoms with Gasteiger partial charge in [0.2, 0.25) is 0 Å². The van der Waals surface area contributed by atoms with Crippen LogP contribution in [0, 0.1) is 35.5 Å². The van der Waals surface area contributed by atoms with E-state index < -0.39 is 0 Å². The van der Waals surface area contributed by atoms with Crippen LogP contribution < -0.4 is 0 Å². The SMILES string of the molecule is C1CC2C1CC1CC3CC3C12. The predicted octanol–water partition coefficient (Wildman–Crippen LogP) is 2.69. The molecule has 6 atom stereocenters. The molecule has 4 aliphatic carbocycles. The van der Waals surface area contributed by atoms with Gasteiger partial charge in [-0.15, -0.1) is 0 Å². The molecule has 0 nitrogen and oxygen atoms in total. The van der Waals surface area contributed by atoms with Crippen LogP contribution in [0.4, 0.5) is 0 Å². The topological polar surface area (TPSA) is 0 Å². The fourth-order valence-electron chi connectivity index (χ4n) is 4.61. The van der Waals surface area contributed by atoms with E-state index in [1.54, 1.807) is 32.1 Å². The fourth-order valence-corrected chi connectivity index (χ4v) is 4.61. The molecule has 0 saturated heterocycles. The molecule has 4 saturated carbocycles. The van der Waals surface area contributed by atoms with Crippen molar-refractivity contribution in [2.45, 2.75) is 32.1 Å². The highest BCUT2D eigenvalue weighted by Gasteiger charge is 2.61. The summed E-state index contributed by atoms with van der Waals surface area (Å²) in [4.78, 5) is 0. The fraction of sp³-hybridized carbons (Fsp3) is 1.00. The maximum Gasteiger partial charge on any atom is -0.0323 e. The molecular formula is C11H16. The first-order chi connectivity index (χ1) is 5.43. The van der Waals surface area contributed by atoms with Gasteiger partial charge in [-0.05, 0) is 67.6 Å². The van der Waals surface area contributed by atoms with Crippen LogP contribution in [0.2, 0.25) is 0 Å². The summed E-state index contributed by atoms with van der Waals surface area (Å²) in [5.41, 5.74) is 0. The number of fused-ring (bicyclic) bond motifs is 5. The molecule has 0 radical (unpaired) electrons. The second-order valence-electron chi connectivity index (χ2n) is 5.47. The van der Waals surface area contributed by atoms with Crippen LogP contribution >= 0.6 is 0 Å². The lowest BCUT2D eigenvalue weighted by Gasteiger charge is -2.34. The van der Waals surface area contributed by atoms with E-state index in [9.17, 15) is 0 Å². The lowest BCUT2D eigenvalue weighted by Crippen LogP contribution is -2.26. The minimum absolute atomic E-state index is 1.21. The Labute approximate surface area is 68.4 Å². The summed E-state index contributed by atoms with van der Waals surface area (Å²) >= 11 is 0. The van der Waals surface area contributed by atoms with E-state index in [0.29, 0.717) is 0 Å². The van der Waals surface area contributed by atoms with Crippen molar-refractivity contribution in [2.75, 3.05) is 0 Å². The van der Waals surface area contributed by atoms with Crippen molar-refractivity contribution in [3.8, 4) is 0 Å². The Balaban J connectivity index is 1.71. The van der Waals surface area contributed by atoms with Crippen LogP contribution in [0.25, 0.3) is 0 Å². The molecule has 4 fully saturated rings. The average Bonchev–Trinajstić information content (AvgIpc) is 2.56. The van der Waals surface area contributed by atoms with Gasteiger partial charge in [-0.3, -0.25) is 0 Å². The van der Waals surface area contributed by atoms with Gasteiger partial charge in [0.25, 0.3) is 0 Å². The van der Waals surface area contributed by atoms with Gasteiger partial charge in [-0.1, -0.05) is 0 Å². The zero-order valence-electron chi connectivity index (χ0n) is 7.00. The Morgan fingerprint density at radius 2 is 1.55 bits per heavy atom. The molecule has 0 N–H and O–H groups in total. The quantitative estimate of drug-likeness (QED) is 0.495. The van der Waals surface area contributed by atoms with E-state index in [0.717, 1.165) is 0 Å². The van der Waals surface area contributed by atoms with E-state index in [1.165, 1.54) is 35.5 Å². The van der Waals surface area contributed by atoms with E-state index in [4.69, 9.17) is 0 Å². The zero-order chi connectivity index (χ0) is 7.00. The van der Waals surface area contributed by atoms with Crippen LogP contribution in [0.15, 0.2) is 0 Å². The first-order valence-corrected chi connectivity index (χ1v) is 5.43. The monoisotopic (exact) mass is 148 g/mol. The van der Waals surface area contributed by atoms with E-state index in [-0.39, 0.29) is 0 Å². The van der Waals surface area contributed by atoms with Crippen molar-refractivity contribution < 1.29 is 0 Å². The molecule has 0 aliphatic heterocycles. The molecule has 0 spiro atoms. The Kier molecular flexibility index (Phi) is 0.781. The van der Waals surface area contributed by atoms with Crippen molar-refractivity contribution >= 4 is 0 Å². The third kappa shape index (κ3) is 0.522. The van der Waals surface area contributed by atoms with Gasteiger partial charge in [0.15, 0.2) is 0 Å². The lowest BCUT2D eigenvalue weighted by molar-refractivity contribution is 0.157. The van der Waals surface area contributed by atoms with E-state index in [2.05, 4.69) is 0 Å². The molecule has 60 valence electrons. The van der Waals surface area contributed by atoms with Crippen molar-refractivity contribution in [3.05, 3.63) is 0 Å². The largest absolute Gasteiger partial charge is 0.0499 e. The summed E-state index contributed by atoms with van der Waals surface area (Å²) in [5, 5.41) is 0. The maximum absolute atomic E-state index is 1.64. The van der Waals surface area contributed by atoms with Crippen LogP contribution in [0.1, 0.15) is 32.1 Å². The van der Waals surface area contributed by atoms with Crippen molar-refractivity contribution in [1.29, 1.82) is 0 Å². The highest BCUT2D eigenvalue weighted by atomic mass is 14.7. The molecule has 0 aromatic carbocycles. The highest BCUT2D eigenvalue weighted by Crippen LogP contribution is 2.69. The third-order valence-electron chi connectivity index (χ3n) is 5.20. The van der Waals surface area contributed by atoms with E-state index >= 15 is 0 Å². The molecule has 0 heterocycles. The second kappa shape index (κ2) is 1.53. The molecule has 11 heavy (non-hydrogen) atoms. The van der Waals surface area contributed by atoms with Crippen LogP contribution in [-0.2, 0) is 0 Å². The van der Waals surface area contributed by atoms with Gasteiger partial charge >= 0.3 is 0 Å². The van der Waals surface area contributed by atoms with Gasteiger partial charge < -0.3 is 0 Å². The van der Waals surface area contributed by atoms with Crippen LogP contribution in [-0.4, -0.2) is 0 Å². The summed E-state index contributed by atoms with van der Waals surface area (Å²) < 4.78 is 0. The van der Waals surface area contributed by atoms with Gasteiger partial charge in [-0.2, -0.15) is 0 Å². The molecular weight excluding hydrogens is 132 g/mol.